The summed E-state index contributed by atoms with van der Waals surface area (Å²) in [5.41, 5.74) is 0.0343. The van der Waals surface area contributed by atoms with E-state index in [1.165, 1.54) is 6.08 Å². The number of carbonyl (C=O) groups excluding carboxylic acids is 1. The van der Waals surface area contributed by atoms with Gasteiger partial charge in [-0.25, -0.2) is 9.59 Å². The first-order valence-electron chi connectivity index (χ1n) is 4.33. The average molecular weight is 226 g/mol. The molecule has 0 saturated heterocycles. The first-order valence-corrected chi connectivity index (χ1v) is 4.33. The molecule has 0 aliphatic rings. The lowest BCUT2D eigenvalue weighted by Crippen LogP contribution is -2.24. The minimum absolute atomic E-state index is 0.0753. The molecule has 0 saturated carbocycles. The van der Waals surface area contributed by atoms with Crippen LogP contribution in [0.3, 0.4) is 0 Å². The van der Waals surface area contributed by atoms with Crippen molar-refractivity contribution >= 4 is 12.1 Å². The summed E-state index contributed by atoms with van der Waals surface area (Å²) >= 11 is 0. The van der Waals surface area contributed by atoms with Crippen molar-refractivity contribution in [2.75, 3.05) is 6.61 Å². The van der Waals surface area contributed by atoms with Crippen LogP contribution >= 0.6 is 0 Å². The fourth-order valence-electron chi connectivity index (χ4n) is 0.903. The maximum absolute atomic E-state index is 11.0. The smallest absolute Gasteiger partial charge is 0.407 e. The number of nitrogens with one attached hydrogen (secondary N) is 1. The highest BCUT2D eigenvalue weighted by Gasteiger charge is 2.15. The molecule has 1 amide bonds. The second-order valence-corrected chi connectivity index (χ2v) is 2.72. The second kappa shape index (κ2) is 5.54. The fraction of sp³-hybridized carbons (Fsp3) is 0.222. The first kappa shape index (κ1) is 11.8. The van der Waals surface area contributed by atoms with E-state index < -0.39 is 12.1 Å². The lowest BCUT2D eigenvalue weighted by molar-refractivity contribution is 0.0694. The number of alkyl carbamates (subject to hydrolysis) is 1. The molecule has 1 aromatic rings. The van der Waals surface area contributed by atoms with E-state index in [1.54, 1.807) is 0 Å². The summed E-state index contributed by atoms with van der Waals surface area (Å²) in [6.07, 6.45) is 1.73. The molecule has 0 aromatic carbocycles. The molecule has 0 bridgehead atoms. The number of carboxylic acid groups (broad SMARTS) is 1. The normalized spacial score (nSPS) is 9.50. The van der Waals surface area contributed by atoms with Gasteiger partial charge in [-0.15, -0.1) is 0 Å². The van der Waals surface area contributed by atoms with Gasteiger partial charge in [0.1, 0.15) is 24.1 Å². The van der Waals surface area contributed by atoms with Gasteiger partial charge in [-0.05, 0) is 0 Å². The van der Waals surface area contributed by atoms with Crippen molar-refractivity contribution < 1.29 is 24.0 Å². The number of amides is 1. The SMILES string of the molecule is C=CCOC(=O)NCc1nocc1C(=O)O. The molecule has 0 aliphatic carbocycles. The van der Waals surface area contributed by atoms with Gasteiger partial charge in [-0.3, -0.25) is 0 Å². The molecule has 7 nitrogen and oxygen atoms in total. The predicted octanol–water partition coefficient (Wildman–Crippen LogP) is 0.785. The van der Waals surface area contributed by atoms with Crippen LogP contribution in [-0.4, -0.2) is 28.9 Å². The quantitative estimate of drug-likeness (QED) is 0.719. The molecule has 0 radical (unpaired) electrons. The summed E-state index contributed by atoms with van der Waals surface area (Å²) in [7, 11) is 0. The molecular weight excluding hydrogens is 216 g/mol. The Kier molecular flexibility index (Phi) is 4.07. The van der Waals surface area contributed by atoms with Crippen molar-refractivity contribution in [2.45, 2.75) is 6.54 Å². The molecule has 0 unspecified atom stereocenters. The number of carboxylic acids is 1. The first-order chi connectivity index (χ1) is 7.65. The number of ether oxygens (including phenoxy) is 1. The zero-order valence-electron chi connectivity index (χ0n) is 8.30. The van der Waals surface area contributed by atoms with E-state index in [0.717, 1.165) is 6.26 Å². The van der Waals surface area contributed by atoms with Gasteiger partial charge in [0.15, 0.2) is 0 Å². The van der Waals surface area contributed by atoms with Crippen LogP contribution in [0.5, 0.6) is 0 Å². The van der Waals surface area contributed by atoms with Gasteiger partial charge in [0.2, 0.25) is 0 Å². The summed E-state index contributed by atoms with van der Waals surface area (Å²) in [6.45, 7) is 3.37. The van der Waals surface area contributed by atoms with Gasteiger partial charge in [0.05, 0.1) is 6.54 Å². The summed E-state index contributed by atoms with van der Waals surface area (Å²) in [6, 6.07) is 0. The Labute approximate surface area is 90.7 Å². The molecule has 86 valence electrons. The maximum atomic E-state index is 11.0. The van der Waals surface area contributed by atoms with Crippen LogP contribution in [-0.2, 0) is 11.3 Å². The fourth-order valence-corrected chi connectivity index (χ4v) is 0.903. The third-order valence-electron chi connectivity index (χ3n) is 1.61. The Balaban J connectivity index is 2.48. The van der Waals surface area contributed by atoms with Crippen LogP contribution < -0.4 is 5.32 Å². The van der Waals surface area contributed by atoms with Crippen LogP contribution in [0.15, 0.2) is 23.4 Å². The molecule has 1 aromatic heterocycles. The average Bonchev–Trinajstić information content (AvgIpc) is 2.71. The zero-order chi connectivity index (χ0) is 12.0. The van der Waals surface area contributed by atoms with E-state index in [9.17, 15) is 9.59 Å². The molecule has 1 rings (SSSR count). The summed E-state index contributed by atoms with van der Waals surface area (Å²) in [5, 5.41) is 14.5. The van der Waals surface area contributed by atoms with E-state index in [-0.39, 0.29) is 24.4 Å². The summed E-state index contributed by atoms with van der Waals surface area (Å²) < 4.78 is 9.10. The van der Waals surface area contributed by atoms with Crippen LogP contribution in [0.4, 0.5) is 4.79 Å². The van der Waals surface area contributed by atoms with Gasteiger partial charge in [-0.2, -0.15) is 0 Å². The van der Waals surface area contributed by atoms with Gasteiger partial charge in [0.25, 0.3) is 0 Å². The number of nitrogens with zero attached hydrogens (tertiary/aromatic N) is 1. The summed E-state index contributed by atoms with van der Waals surface area (Å²) in [5.74, 6) is -1.17. The largest absolute Gasteiger partial charge is 0.478 e. The molecular formula is C9H10N2O5. The lowest BCUT2D eigenvalue weighted by Gasteiger charge is -2.03. The van der Waals surface area contributed by atoms with Crippen LogP contribution in [0.25, 0.3) is 0 Å². The molecule has 0 fully saturated rings. The molecule has 2 N–H and O–H groups in total. The van der Waals surface area contributed by atoms with Crippen molar-refractivity contribution in [3.63, 3.8) is 0 Å². The van der Waals surface area contributed by atoms with E-state index in [1.807, 2.05) is 0 Å². The van der Waals surface area contributed by atoms with Crippen molar-refractivity contribution in [1.29, 1.82) is 0 Å². The van der Waals surface area contributed by atoms with Crippen molar-refractivity contribution in [1.82, 2.24) is 10.5 Å². The Morgan fingerprint density at radius 1 is 1.69 bits per heavy atom. The second-order valence-electron chi connectivity index (χ2n) is 2.72. The van der Waals surface area contributed by atoms with Crippen molar-refractivity contribution in [2.24, 2.45) is 0 Å². The molecule has 0 atom stereocenters. The highest BCUT2D eigenvalue weighted by Crippen LogP contribution is 2.05. The minimum Gasteiger partial charge on any atom is -0.478 e. The zero-order valence-corrected chi connectivity index (χ0v) is 8.30. The Morgan fingerprint density at radius 3 is 3.06 bits per heavy atom. The van der Waals surface area contributed by atoms with E-state index >= 15 is 0 Å². The number of carbonyl (C=O) groups is 2. The number of aromatic carboxylic acids is 1. The predicted molar refractivity (Wildman–Crippen MR) is 51.8 cm³/mol. The van der Waals surface area contributed by atoms with Gasteiger partial charge in [-0.1, -0.05) is 17.8 Å². The number of hydrogen-bond acceptors (Lipinski definition) is 5. The third kappa shape index (κ3) is 3.12. The van der Waals surface area contributed by atoms with Crippen molar-refractivity contribution in [3.8, 4) is 0 Å². The van der Waals surface area contributed by atoms with Crippen LogP contribution in [0.1, 0.15) is 16.1 Å². The maximum Gasteiger partial charge on any atom is 0.407 e. The highest BCUT2D eigenvalue weighted by atomic mass is 16.5. The molecule has 7 heteroatoms. The van der Waals surface area contributed by atoms with Crippen LogP contribution in [0, 0.1) is 0 Å². The van der Waals surface area contributed by atoms with Gasteiger partial charge in [0, 0.05) is 0 Å². The summed E-state index contributed by atoms with van der Waals surface area (Å²) in [4.78, 5) is 21.6. The van der Waals surface area contributed by atoms with Gasteiger partial charge < -0.3 is 19.7 Å². The van der Waals surface area contributed by atoms with Crippen molar-refractivity contribution in [3.05, 3.63) is 30.2 Å². The molecule has 0 aliphatic heterocycles. The van der Waals surface area contributed by atoms with Crippen LogP contribution in [0.2, 0.25) is 0 Å². The molecule has 0 spiro atoms. The number of hydrogen-bond donors (Lipinski definition) is 2. The Hall–Kier alpha value is -2.31. The molecule has 1 heterocycles. The number of aromatic nitrogens is 1. The van der Waals surface area contributed by atoms with E-state index in [2.05, 4.69) is 26.3 Å². The number of rotatable bonds is 5. The highest BCUT2D eigenvalue weighted by molar-refractivity contribution is 5.88. The Morgan fingerprint density at radius 2 is 2.44 bits per heavy atom. The van der Waals surface area contributed by atoms with E-state index in [0.29, 0.717) is 0 Å². The van der Waals surface area contributed by atoms with E-state index in [4.69, 9.17) is 5.11 Å². The minimum atomic E-state index is -1.17. The monoisotopic (exact) mass is 226 g/mol. The lowest BCUT2D eigenvalue weighted by atomic mass is 10.2. The topological polar surface area (TPSA) is 102 Å². The Bertz CT molecular complexity index is 398. The standard InChI is InChI=1S/C9H10N2O5/c1-2-3-15-9(14)10-4-7-6(8(12)13)5-16-11-7/h2,5H,1,3-4H2,(H,10,14)(H,12,13). The third-order valence-corrected chi connectivity index (χ3v) is 1.61. The van der Waals surface area contributed by atoms with Gasteiger partial charge >= 0.3 is 12.1 Å². The molecule has 16 heavy (non-hydrogen) atoms.